The van der Waals surface area contributed by atoms with Crippen molar-refractivity contribution < 1.29 is 8.78 Å². The van der Waals surface area contributed by atoms with Crippen LogP contribution in [0.1, 0.15) is 12.0 Å². The first kappa shape index (κ1) is 11.3. The van der Waals surface area contributed by atoms with E-state index in [1.54, 1.807) is 12.3 Å². The molecule has 0 radical (unpaired) electrons. The first-order valence-electron chi connectivity index (χ1n) is 5.34. The molecule has 1 aromatic rings. The molecule has 1 saturated heterocycles. The number of rotatable bonds is 2. The van der Waals surface area contributed by atoms with Gasteiger partial charge in [0.2, 0.25) is 0 Å². The van der Waals surface area contributed by atoms with Gasteiger partial charge in [-0.2, -0.15) is 0 Å². The summed E-state index contributed by atoms with van der Waals surface area (Å²) >= 11 is 0. The highest BCUT2D eigenvalue weighted by Crippen LogP contribution is 2.29. The molecular weight excluding hydrogens is 212 g/mol. The van der Waals surface area contributed by atoms with E-state index in [9.17, 15) is 8.78 Å². The predicted molar refractivity (Wildman–Crippen MR) is 58.9 cm³/mol. The van der Waals surface area contributed by atoms with Gasteiger partial charge in [0.15, 0.2) is 0 Å². The molecule has 2 rings (SSSR count). The number of hydrogen-bond acceptors (Lipinski definition) is 3. The first-order chi connectivity index (χ1) is 7.68. The lowest BCUT2D eigenvalue weighted by Gasteiger charge is -2.34. The SMILES string of the molecule is CN1CCN(c2ccncc2C(F)F)CC1. The van der Waals surface area contributed by atoms with E-state index in [4.69, 9.17) is 0 Å². The van der Waals surface area contributed by atoms with Gasteiger partial charge in [-0.1, -0.05) is 0 Å². The van der Waals surface area contributed by atoms with Gasteiger partial charge in [-0.05, 0) is 13.1 Å². The highest BCUT2D eigenvalue weighted by atomic mass is 19.3. The maximum Gasteiger partial charge on any atom is 0.267 e. The molecular formula is C11H15F2N3. The molecule has 1 fully saturated rings. The lowest BCUT2D eigenvalue weighted by molar-refractivity contribution is 0.151. The molecule has 2 heterocycles. The summed E-state index contributed by atoms with van der Waals surface area (Å²) in [5.41, 5.74) is 0.658. The number of piperazine rings is 1. The molecule has 3 nitrogen and oxygen atoms in total. The Morgan fingerprint density at radius 2 is 1.94 bits per heavy atom. The Kier molecular flexibility index (Phi) is 3.33. The molecule has 0 bridgehead atoms. The van der Waals surface area contributed by atoms with E-state index in [2.05, 4.69) is 9.88 Å². The van der Waals surface area contributed by atoms with Crippen LogP contribution in [0.2, 0.25) is 0 Å². The molecule has 1 aliphatic rings. The zero-order chi connectivity index (χ0) is 11.5. The summed E-state index contributed by atoms with van der Waals surface area (Å²) in [7, 11) is 2.04. The normalized spacial score (nSPS) is 18.1. The second-order valence-corrected chi connectivity index (χ2v) is 4.03. The largest absolute Gasteiger partial charge is 0.368 e. The monoisotopic (exact) mass is 227 g/mol. The first-order valence-corrected chi connectivity index (χ1v) is 5.34. The van der Waals surface area contributed by atoms with E-state index >= 15 is 0 Å². The minimum absolute atomic E-state index is 0.0343. The van der Waals surface area contributed by atoms with Gasteiger partial charge < -0.3 is 9.80 Å². The van der Waals surface area contributed by atoms with Crippen LogP contribution in [0.4, 0.5) is 14.5 Å². The number of anilines is 1. The van der Waals surface area contributed by atoms with Crippen LogP contribution in [-0.2, 0) is 0 Å². The lowest BCUT2D eigenvalue weighted by atomic mass is 10.2. The van der Waals surface area contributed by atoms with Crippen molar-refractivity contribution >= 4 is 5.69 Å². The van der Waals surface area contributed by atoms with Crippen molar-refractivity contribution in [1.29, 1.82) is 0 Å². The zero-order valence-electron chi connectivity index (χ0n) is 9.24. The molecule has 0 spiro atoms. The molecule has 5 heteroatoms. The van der Waals surface area contributed by atoms with Crippen LogP contribution in [0.15, 0.2) is 18.5 Å². The third kappa shape index (κ3) is 2.29. The van der Waals surface area contributed by atoms with Crippen LogP contribution in [0, 0.1) is 0 Å². The third-order valence-electron chi connectivity index (χ3n) is 2.91. The number of pyridine rings is 1. The topological polar surface area (TPSA) is 19.4 Å². The van der Waals surface area contributed by atoms with Crippen molar-refractivity contribution in [3.8, 4) is 0 Å². The molecule has 0 aromatic carbocycles. The molecule has 16 heavy (non-hydrogen) atoms. The number of aromatic nitrogens is 1. The fourth-order valence-electron chi connectivity index (χ4n) is 1.90. The van der Waals surface area contributed by atoms with Crippen LogP contribution < -0.4 is 4.90 Å². The van der Waals surface area contributed by atoms with Crippen molar-refractivity contribution in [1.82, 2.24) is 9.88 Å². The standard InChI is InChI=1S/C11H15F2N3/c1-15-4-6-16(7-5-15)10-2-3-14-8-9(10)11(12)13/h2-3,8,11H,4-7H2,1H3. The molecule has 0 unspecified atom stereocenters. The number of halogens is 2. The van der Waals surface area contributed by atoms with Crippen LogP contribution >= 0.6 is 0 Å². The van der Waals surface area contributed by atoms with Crippen molar-refractivity contribution in [2.45, 2.75) is 6.43 Å². The third-order valence-corrected chi connectivity index (χ3v) is 2.91. The number of hydrogen-bond donors (Lipinski definition) is 0. The second kappa shape index (κ2) is 4.74. The summed E-state index contributed by atoms with van der Waals surface area (Å²) in [6.45, 7) is 3.40. The maximum atomic E-state index is 12.8. The number of likely N-dealkylation sites (N-methyl/N-ethyl adjacent to an activating group) is 1. The van der Waals surface area contributed by atoms with E-state index in [1.165, 1.54) is 6.20 Å². The van der Waals surface area contributed by atoms with Gasteiger partial charge in [0.1, 0.15) is 0 Å². The zero-order valence-corrected chi connectivity index (χ0v) is 9.24. The molecule has 0 saturated carbocycles. The quantitative estimate of drug-likeness (QED) is 0.767. The van der Waals surface area contributed by atoms with Crippen LogP contribution in [0.5, 0.6) is 0 Å². The Balaban J connectivity index is 2.19. The van der Waals surface area contributed by atoms with Gasteiger partial charge in [-0.25, -0.2) is 8.78 Å². The van der Waals surface area contributed by atoms with E-state index in [1.807, 2.05) is 11.9 Å². The summed E-state index contributed by atoms with van der Waals surface area (Å²) in [4.78, 5) is 7.96. The van der Waals surface area contributed by atoms with Gasteiger partial charge in [-0.15, -0.1) is 0 Å². The minimum Gasteiger partial charge on any atom is -0.368 e. The smallest absolute Gasteiger partial charge is 0.267 e. The summed E-state index contributed by atoms with van der Waals surface area (Å²) in [6.07, 6.45) is 0.376. The van der Waals surface area contributed by atoms with Crippen molar-refractivity contribution in [3.05, 3.63) is 24.0 Å². The predicted octanol–water partition coefficient (Wildman–Crippen LogP) is 1.77. The van der Waals surface area contributed by atoms with Gasteiger partial charge >= 0.3 is 0 Å². The Morgan fingerprint density at radius 1 is 1.25 bits per heavy atom. The van der Waals surface area contributed by atoms with Crippen molar-refractivity contribution in [2.75, 3.05) is 38.1 Å². The van der Waals surface area contributed by atoms with Gasteiger partial charge in [0.05, 0.1) is 5.56 Å². The molecule has 0 amide bonds. The molecule has 0 aliphatic carbocycles. The Morgan fingerprint density at radius 3 is 2.56 bits per heavy atom. The Hall–Kier alpha value is -1.23. The number of nitrogens with zero attached hydrogens (tertiary/aromatic N) is 3. The van der Waals surface area contributed by atoms with Crippen LogP contribution in [0.3, 0.4) is 0 Å². The molecule has 1 aromatic heterocycles. The van der Waals surface area contributed by atoms with E-state index in [-0.39, 0.29) is 5.56 Å². The lowest BCUT2D eigenvalue weighted by Crippen LogP contribution is -2.44. The number of alkyl halides is 2. The average molecular weight is 227 g/mol. The van der Waals surface area contributed by atoms with Crippen LogP contribution in [-0.4, -0.2) is 43.1 Å². The molecule has 1 aliphatic heterocycles. The summed E-state index contributed by atoms with van der Waals surface area (Å²) in [5, 5.41) is 0. The summed E-state index contributed by atoms with van der Waals surface area (Å²) < 4.78 is 25.6. The Labute approximate surface area is 93.7 Å². The summed E-state index contributed by atoms with van der Waals surface area (Å²) in [5.74, 6) is 0. The Bertz CT molecular complexity index is 349. The molecule has 0 atom stereocenters. The fourth-order valence-corrected chi connectivity index (χ4v) is 1.90. The van der Waals surface area contributed by atoms with Crippen LogP contribution in [0.25, 0.3) is 0 Å². The highest BCUT2D eigenvalue weighted by molar-refractivity contribution is 5.53. The summed E-state index contributed by atoms with van der Waals surface area (Å²) in [6, 6.07) is 1.67. The maximum absolute atomic E-state index is 12.8. The van der Waals surface area contributed by atoms with Gasteiger partial charge in [-0.3, -0.25) is 4.98 Å². The average Bonchev–Trinajstić information content (AvgIpc) is 2.30. The van der Waals surface area contributed by atoms with E-state index < -0.39 is 6.43 Å². The van der Waals surface area contributed by atoms with Gasteiger partial charge in [0.25, 0.3) is 6.43 Å². The second-order valence-electron chi connectivity index (χ2n) is 4.03. The van der Waals surface area contributed by atoms with Gasteiger partial charge in [0, 0.05) is 44.3 Å². The molecule has 0 N–H and O–H groups in total. The highest BCUT2D eigenvalue weighted by Gasteiger charge is 2.20. The molecule has 88 valence electrons. The van der Waals surface area contributed by atoms with E-state index in [0.717, 1.165) is 26.2 Å². The van der Waals surface area contributed by atoms with Crippen molar-refractivity contribution in [2.24, 2.45) is 0 Å². The fraction of sp³-hybridized carbons (Fsp3) is 0.545. The van der Waals surface area contributed by atoms with Crippen molar-refractivity contribution in [3.63, 3.8) is 0 Å². The van der Waals surface area contributed by atoms with E-state index in [0.29, 0.717) is 5.69 Å². The minimum atomic E-state index is -2.46.